The number of aromatic amines is 1. The number of benzene rings is 1. The first-order chi connectivity index (χ1) is 9.31. The number of ether oxygens (including phenoxy) is 1. The maximum Gasteiger partial charge on any atom is 0.449 e. The lowest BCUT2D eigenvalue weighted by Crippen LogP contribution is -2.33. The summed E-state index contributed by atoms with van der Waals surface area (Å²) in [5.74, 6) is -1.63. The lowest BCUT2D eigenvalue weighted by atomic mass is 10.1. The number of fused-ring (bicyclic) bond motifs is 1. The number of hydrogen-bond donors (Lipinski definition) is 2. The lowest BCUT2D eigenvalue weighted by molar-refractivity contribution is -0.144. The summed E-state index contributed by atoms with van der Waals surface area (Å²) in [6.45, 7) is 0. The molecule has 108 valence electrons. The molecule has 0 saturated heterocycles. The van der Waals surface area contributed by atoms with Crippen LogP contribution in [0.4, 0.5) is 13.2 Å². The Kier molecular flexibility index (Phi) is 3.67. The average molecular weight is 287 g/mol. The van der Waals surface area contributed by atoms with E-state index in [1.807, 2.05) is 0 Å². The van der Waals surface area contributed by atoms with E-state index in [4.69, 9.17) is 5.73 Å². The molecule has 8 heteroatoms. The highest BCUT2D eigenvalue weighted by Gasteiger charge is 2.34. The minimum atomic E-state index is -4.53. The molecule has 1 atom stereocenters. The van der Waals surface area contributed by atoms with Gasteiger partial charge in [-0.2, -0.15) is 13.2 Å². The van der Waals surface area contributed by atoms with E-state index in [1.165, 1.54) is 19.2 Å². The normalized spacial score (nSPS) is 13.4. The molecule has 0 aliphatic rings. The number of methoxy groups -OCH3 is 1. The molecule has 2 aromatic rings. The van der Waals surface area contributed by atoms with Gasteiger partial charge in [0.05, 0.1) is 18.1 Å². The van der Waals surface area contributed by atoms with Crippen LogP contribution in [0.15, 0.2) is 18.2 Å². The highest BCUT2D eigenvalue weighted by atomic mass is 19.4. The molecule has 0 spiro atoms. The van der Waals surface area contributed by atoms with Gasteiger partial charge in [-0.25, -0.2) is 4.98 Å². The summed E-state index contributed by atoms with van der Waals surface area (Å²) in [5, 5.41) is 0. The van der Waals surface area contributed by atoms with Crippen molar-refractivity contribution in [2.24, 2.45) is 5.73 Å². The highest BCUT2D eigenvalue weighted by Crippen LogP contribution is 2.28. The zero-order valence-corrected chi connectivity index (χ0v) is 10.5. The van der Waals surface area contributed by atoms with E-state index < -0.39 is 24.0 Å². The number of halogens is 3. The molecule has 1 unspecified atom stereocenters. The van der Waals surface area contributed by atoms with Crippen molar-refractivity contribution in [1.29, 1.82) is 0 Å². The van der Waals surface area contributed by atoms with Crippen LogP contribution in [0.5, 0.6) is 0 Å². The summed E-state index contributed by atoms with van der Waals surface area (Å²) in [6.07, 6.45) is -4.36. The van der Waals surface area contributed by atoms with E-state index >= 15 is 0 Å². The molecule has 3 N–H and O–H groups in total. The van der Waals surface area contributed by atoms with Crippen molar-refractivity contribution in [3.63, 3.8) is 0 Å². The number of alkyl halides is 3. The summed E-state index contributed by atoms with van der Waals surface area (Å²) in [4.78, 5) is 16.9. The van der Waals surface area contributed by atoms with Crippen LogP contribution in [0.2, 0.25) is 0 Å². The average Bonchev–Trinajstić information content (AvgIpc) is 2.80. The number of aromatic nitrogens is 2. The second kappa shape index (κ2) is 5.12. The number of nitrogens with two attached hydrogens (primary N) is 1. The molecule has 0 fully saturated rings. The summed E-state index contributed by atoms with van der Waals surface area (Å²) in [6, 6.07) is 3.65. The van der Waals surface area contributed by atoms with Crippen LogP contribution in [0.3, 0.4) is 0 Å². The Balaban J connectivity index is 2.27. The van der Waals surface area contributed by atoms with E-state index in [0.29, 0.717) is 5.56 Å². The van der Waals surface area contributed by atoms with Crippen molar-refractivity contribution in [3.05, 3.63) is 29.6 Å². The number of hydrogen-bond acceptors (Lipinski definition) is 4. The Bertz CT molecular complexity index is 636. The molecule has 5 nitrogen and oxygen atoms in total. The zero-order chi connectivity index (χ0) is 14.9. The van der Waals surface area contributed by atoms with Crippen LogP contribution in [0.1, 0.15) is 11.4 Å². The van der Waals surface area contributed by atoms with Crippen LogP contribution >= 0.6 is 0 Å². The van der Waals surface area contributed by atoms with E-state index in [0.717, 1.165) is 0 Å². The Hall–Kier alpha value is -2.09. The third kappa shape index (κ3) is 2.90. The molecule has 0 saturated carbocycles. The first-order valence-electron chi connectivity index (χ1n) is 5.70. The summed E-state index contributed by atoms with van der Waals surface area (Å²) in [5.41, 5.74) is 6.66. The molecule has 0 radical (unpaired) electrons. The molecule has 0 aliphatic carbocycles. The molecule has 1 heterocycles. The Labute approximate surface area is 111 Å². The Morgan fingerprint density at radius 2 is 2.20 bits per heavy atom. The summed E-state index contributed by atoms with van der Waals surface area (Å²) >= 11 is 0. The number of rotatable bonds is 3. The van der Waals surface area contributed by atoms with Gasteiger partial charge < -0.3 is 15.5 Å². The number of nitrogens with zero attached hydrogens (tertiary/aromatic N) is 1. The fourth-order valence-corrected chi connectivity index (χ4v) is 1.81. The van der Waals surface area contributed by atoms with E-state index in [1.54, 1.807) is 6.07 Å². The smallest absolute Gasteiger partial charge is 0.449 e. The Morgan fingerprint density at radius 1 is 1.50 bits per heavy atom. The van der Waals surface area contributed by atoms with Crippen molar-refractivity contribution in [3.8, 4) is 0 Å². The fraction of sp³-hybridized carbons (Fsp3) is 0.333. The third-order valence-corrected chi connectivity index (χ3v) is 2.77. The number of carbonyl (C=O) groups is 1. The highest BCUT2D eigenvalue weighted by molar-refractivity contribution is 5.78. The van der Waals surface area contributed by atoms with Gasteiger partial charge in [0.25, 0.3) is 0 Å². The Morgan fingerprint density at radius 3 is 2.80 bits per heavy atom. The van der Waals surface area contributed by atoms with Crippen molar-refractivity contribution in [1.82, 2.24) is 9.97 Å². The first-order valence-corrected chi connectivity index (χ1v) is 5.70. The maximum atomic E-state index is 12.5. The van der Waals surface area contributed by atoms with Gasteiger partial charge in [0.2, 0.25) is 5.82 Å². The van der Waals surface area contributed by atoms with Crippen LogP contribution in [0.25, 0.3) is 11.0 Å². The summed E-state index contributed by atoms with van der Waals surface area (Å²) in [7, 11) is 1.22. The second-order valence-corrected chi connectivity index (χ2v) is 4.27. The monoisotopic (exact) mass is 287 g/mol. The van der Waals surface area contributed by atoms with Gasteiger partial charge in [0, 0.05) is 0 Å². The number of nitrogens with one attached hydrogen (secondary N) is 1. The largest absolute Gasteiger partial charge is 0.468 e. The standard InChI is InChI=1S/C12H12F3N3O2/c1-20-10(19)7(16)4-6-2-3-8-9(5-6)18-11(17-8)12(13,14)15/h2-3,5,7H,4,16H2,1H3,(H,17,18). The van der Waals surface area contributed by atoms with Crippen molar-refractivity contribution < 1.29 is 22.7 Å². The summed E-state index contributed by atoms with van der Waals surface area (Å²) < 4.78 is 42.0. The minimum Gasteiger partial charge on any atom is -0.468 e. The number of carbonyl (C=O) groups excluding carboxylic acids is 1. The van der Waals surface area contributed by atoms with Crippen LogP contribution < -0.4 is 5.73 Å². The second-order valence-electron chi connectivity index (χ2n) is 4.27. The number of imidazole rings is 1. The van der Waals surface area contributed by atoms with E-state index in [9.17, 15) is 18.0 Å². The predicted molar refractivity (Wildman–Crippen MR) is 64.8 cm³/mol. The SMILES string of the molecule is COC(=O)C(N)Cc1ccc2nc(C(F)(F)F)[nH]c2c1. The third-order valence-electron chi connectivity index (χ3n) is 2.77. The molecule has 1 aromatic carbocycles. The maximum absolute atomic E-state index is 12.5. The number of H-pyrrole nitrogens is 1. The van der Waals surface area contributed by atoms with E-state index in [2.05, 4.69) is 14.7 Å². The minimum absolute atomic E-state index is 0.170. The topological polar surface area (TPSA) is 81.0 Å². The van der Waals surface area contributed by atoms with Gasteiger partial charge in [-0.05, 0) is 24.1 Å². The van der Waals surface area contributed by atoms with Gasteiger partial charge in [-0.15, -0.1) is 0 Å². The fourth-order valence-electron chi connectivity index (χ4n) is 1.81. The first kappa shape index (κ1) is 14.3. The van der Waals surface area contributed by atoms with Crippen LogP contribution in [-0.2, 0) is 22.1 Å². The molecular weight excluding hydrogens is 275 g/mol. The van der Waals surface area contributed by atoms with Gasteiger partial charge in [-0.1, -0.05) is 6.07 Å². The molecular formula is C12H12F3N3O2. The lowest BCUT2D eigenvalue weighted by Gasteiger charge is -2.08. The zero-order valence-electron chi connectivity index (χ0n) is 10.5. The molecule has 0 aliphatic heterocycles. The van der Waals surface area contributed by atoms with Crippen molar-refractivity contribution in [2.45, 2.75) is 18.6 Å². The van der Waals surface area contributed by atoms with Crippen molar-refractivity contribution in [2.75, 3.05) is 7.11 Å². The molecule has 1 aromatic heterocycles. The van der Waals surface area contributed by atoms with Gasteiger partial charge in [0.1, 0.15) is 6.04 Å². The van der Waals surface area contributed by atoms with Crippen LogP contribution in [0, 0.1) is 0 Å². The van der Waals surface area contributed by atoms with Crippen molar-refractivity contribution >= 4 is 17.0 Å². The molecule has 0 amide bonds. The number of esters is 1. The van der Waals surface area contributed by atoms with Gasteiger partial charge in [0.15, 0.2) is 0 Å². The van der Waals surface area contributed by atoms with Crippen LogP contribution in [-0.4, -0.2) is 29.1 Å². The molecule has 2 rings (SSSR count). The predicted octanol–water partition coefficient (Wildman–Crippen LogP) is 1.62. The van der Waals surface area contributed by atoms with Gasteiger partial charge >= 0.3 is 12.1 Å². The molecule has 20 heavy (non-hydrogen) atoms. The van der Waals surface area contributed by atoms with E-state index in [-0.39, 0.29) is 17.5 Å². The molecule has 0 bridgehead atoms. The quantitative estimate of drug-likeness (QED) is 0.841. The van der Waals surface area contributed by atoms with Gasteiger partial charge in [-0.3, -0.25) is 4.79 Å².